The third kappa shape index (κ3) is 6.52. The number of carbonyl (C=O) groups excluding carboxylic acids is 1. The number of anilines is 3. The highest BCUT2D eigenvalue weighted by molar-refractivity contribution is 7.99. The van der Waals surface area contributed by atoms with E-state index >= 15 is 0 Å². The molecule has 0 radical (unpaired) electrons. The summed E-state index contributed by atoms with van der Waals surface area (Å²) >= 11 is 1.46. The lowest BCUT2D eigenvalue weighted by atomic mass is 9.73. The van der Waals surface area contributed by atoms with Crippen molar-refractivity contribution in [1.29, 1.82) is 5.26 Å². The van der Waals surface area contributed by atoms with Gasteiger partial charge in [-0.2, -0.15) is 10.4 Å². The summed E-state index contributed by atoms with van der Waals surface area (Å²) in [5, 5.41) is 21.4. The van der Waals surface area contributed by atoms with Crippen LogP contribution in [0.3, 0.4) is 0 Å². The maximum atomic E-state index is 11.8. The summed E-state index contributed by atoms with van der Waals surface area (Å²) in [6, 6.07) is 22.2. The zero-order chi connectivity index (χ0) is 28.8. The molecule has 0 spiro atoms. The largest absolute Gasteiger partial charge is 0.496 e. The van der Waals surface area contributed by atoms with Crippen molar-refractivity contribution in [2.45, 2.75) is 55.0 Å². The number of hydrogen-bond donors (Lipinski definition) is 2. The Balaban J connectivity index is 1.39. The fraction of sp³-hybridized carbons (Fsp3) is 0.323. The lowest BCUT2D eigenvalue weighted by Crippen LogP contribution is -2.42. The Kier molecular flexibility index (Phi) is 8.55. The molecule has 9 nitrogen and oxygen atoms in total. The average molecular weight is 568 g/mol. The van der Waals surface area contributed by atoms with Crippen molar-refractivity contribution in [3.05, 3.63) is 77.5 Å². The van der Waals surface area contributed by atoms with Gasteiger partial charge in [-0.05, 0) is 55.3 Å². The fourth-order valence-corrected chi connectivity index (χ4v) is 5.80. The standard InChI is InChI=1S/C31H33N7O2S/c1-4-23(39)18-22-9-11-24(12-10-22)41-30-34-27(33-28-17-21(2)36-37-28)19-29(35-30)38-15-13-31(20-32,14-16-38)25-7-5-6-8-26(25)40-3/h5-12,17,19H,4,13-16,18H2,1-3H3,(H2,33,34,35,36,37). The number of methoxy groups -OCH3 is 1. The number of para-hydroxylation sites is 1. The number of nitrogens with one attached hydrogen (secondary N) is 2. The van der Waals surface area contributed by atoms with Crippen LogP contribution >= 0.6 is 11.8 Å². The van der Waals surface area contributed by atoms with Crippen molar-refractivity contribution < 1.29 is 9.53 Å². The molecular formula is C31H33N7O2S. The number of hydrogen-bond acceptors (Lipinski definition) is 9. The quantitative estimate of drug-likeness (QED) is 0.223. The summed E-state index contributed by atoms with van der Waals surface area (Å²) in [7, 11) is 1.65. The summed E-state index contributed by atoms with van der Waals surface area (Å²) in [6.07, 6.45) is 2.27. The van der Waals surface area contributed by atoms with E-state index in [9.17, 15) is 10.1 Å². The Morgan fingerprint density at radius 3 is 2.54 bits per heavy atom. The van der Waals surface area contributed by atoms with Gasteiger partial charge in [-0.3, -0.25) is 9.89 Å². The molecule has 1 aliphatic heterocycles. The van der Waals surface area contributed by atoms with Crippen LogP contribution in [0, 0.1) is 18.3 Å². The molecule has 0 aliphatic carbocycles. The number of ether oxygens (including phenoxy) is 1. The van der Waals surface area contributed by atoms with Gasteiger partial charge in [0.2, 0.25) is 0 Å². The topological polar surface area (TPSA) is 120 Å². The molecule has 0 amide bonds. The van der Waals surface area contributed by atoms with E-state index in [1.54, 1.807) is 7.11 Å². The van der Waals surface area contributed by atoms with E-state index in [1.165, 1.54) is 11.8 Å². The smallest absolute Gasteiger partial charge is 0.196 e. The van der Waals surface area contributed by atoms with Gasteiger partial charge in [-0.25, -0.2) is 9.97 Å². The molecule has 10 heteroatoms. The Morgan fingerprint density at radius 2 is 1.88 bits per heavy atom. The van der Waals surface area contributed by atoms with Crippen molar-refractivity contribution in [2.24, 2.45) is 0 Å². The summed E-state index contributed by atoms with van der Waals surface area (Å²) in [4.78, 5) is 24.7. The summed E-state index contributed by atoms with van der Waals surface area (Å²) in [6.45, 7) is 5.15. The van der Waals surface area contributed by atoms with Crippen LogP contribution in [0.4, 0.5) is 17.5 Å². The Labute approximate surface area is 244 Å². The highest BCUT2D eigenvalue weighted by Gasteiger charge is 2.39. The molecule has 0 saturated carbocycles. The van der Waals surface area contributed by atoms with Crippen LogP contribution in [0.25, 0.3) is 0 Å². The van der Waals surface area contributed by atoms with Crippen LogP contribution < -0.4 is 15.0 Å². The average Bonchev–Trinajstić information content (AvgIpc) is 3.42. The molecule has 1 aliphatic rings. The van der Waals surface area contributed by atoms with Crippen LogP contribution in [-0.4, -0.2) is 46.1 Å². The van der Waals surface area contributed by atoms with Gasteiger partial charge in [-0.15, -0.1) is 0 Å². The second-order valence-electron chi connectivity index (χ2n) is 10.2. The first-order valence-corrected chi connectivity index (χ1v) is 14.5. The van der Waals surface area contributed by atoms with Gasteiger partial charge in [0, 0.05) is 54.2 Å². The minimum Gasteiger partial charge on any atom is -0.496 e. The number of rotatable bonds is 10. The van der Waals surface area contributed by atoms with Gasteiger partial charge in [0.25, 0.3) is 0 Å². The Bertz CT molecular complexity index is 1550. The van der Waals surface area contributed by atoms with E-state index in [0.717, 1.165) is 33.3 Å². The van der Waals surface area contributed by atoms with Gasteiger partial charge in [0.15, 0.2) is 11.0 Å². The summed E-state index contributed by atoms with van der Waals surface area (Å²) < 4.78 is 5.59. The zero-order valence-corrected chi connectivity index (χ0v) is 24.3. The number of piperidine rings is 1. The van der Waals surface area contributed by atoms with Gasteiger partial charge in [0.05, 0.1) is 18.6 Å². The lowest BCUT2D eigenvalue weighted by Gasteiger charge is -2.38. The third-order valence-electron chi connectivity index (χ3n) is 7.36. The first kappa shape index (κ1) is 28.2. The number of aromatic amines is 1. The van der Waals surface area contributed by atoms with Crippen LogP contribution in [0.15, 0.2) is 70.7 Å². The minimum absolute atomic E-state index is 0.221. The molecule has 5 rings (SSSR count). The highest BCUT2D eigenvalue weighted by Crippen LogP contribution is 2.41. The molecule has 0 bridgehead atoms. The normalized spacial score (nSPS) is 14.3. The molecule has 0 atom stereocenters. The minimum atomic E-state index is -0.623. The number of nitriles is 1. The van der Waals surface area contributed by atoms with Crippen molar-refractivity contribution >= 4 is 35.0 Å². The molecule has 3 heterocycles. The monoisotopic (exact) mass is 567 g/mol. The third-order valence-corrected chi connectivity index (χ3v) is 8.23. The van der Waals surface area contributed by atoms with E-state index in [-0.39, 0.29) is 5.78 Å². The molecule has 2 N–H and O–H groups in total. The fourth-order valence-electron chi connectivity index (χ4n) is 5.03. The molecule has 2 aromatic carbocycles. The molecule has 2 aromatic heterocycles. The van der Waals surface area contributed by atoms with E-state index < -0.39 is 5.41 Å². The number of carbonyl (C=O) groups is 1. The van der Waals surface area contributed by atoms with E-state index in [4.69, 9.17) is 14.7 Å². The molecule has 1 fully saturated rings. The molecule has 1 saturated heterocycles. The number of ketones is 1. The first-order valence-electron chi connectivity index (χ1n) is 13.7. The maximum absolute atomic E-state index is 11.8. The number of aryl methyl sites for hydroxylation is 1. The Morgan fingerprint density at radius 1 is 1.12 bits per heavy atom. The number of benzene rings is 2. The SMILES string of the molecule is CCC(=O)Cc1ccc(Sc2nc(Nc3cc(C)[nH]n3)cc(N3CCC(C#N)(c4ccccc4OC)CC3)n2)cc1. The first-order chi connectivity index (χ1) is 19.9. The maximum Gasteiger partial charge on any atom is 0.196 e. The van der Waals surface area contributed by atoms with Crippen LogP contribution in [0.5, 0.6) is 5.75 Å². The van der Waals surface area contributed by atoms with Gasteiger partial charge < -0.3 is 15.0 Å². The van der Waals surface area contributed by atoms with Crippen LogP contribution in [0.2, 0.25) is 0 Å². The molecule has 41 heavy (non-hydrogen) atoms. The summed E-state index contributed by atoms with van der Waals surface area (Å²) in [5.41, 5.74) is 2.25. The number of nitrogens with zero attached hydrogens (tertiary/aromatic N) is 5. The molecular weight excluding hydrogens is 534 g/mol. The second-order valence-corrected chi connectivity index (χ2v) is 11.2. The number of Topliss-reactive ketones (excluding diaryl/α,β-unsaturated/α-hetero) is 1. The van der Waals surface area contributed by atoms with Crippen molar-refractivity contribution in [3.8, 4) is 11.8 Å². The molecule has 4 aromatic rings. The van der Waals surface area contributed by atoms with Crippen molar-refractivity contribution in [1.82, 2.24) is 20.2 Å². The zero-order valence-electron chi connectivity index (χ0n) is 23.5. The van der Waals surface area contributed by atoms with Crippen molar-refractivity contribution in [3.63, 3.8) is 0 Å². The molecule has 210 valence electrons. The number of H-pyrrole nitrogens is 1. The van der Waals surface area contributed by atoms with E-state index in [0.29, 0.717) is 55.6 Å². The predicted octanol–water partition coefficient (Wildman–Crippen LogP) is 5.99. The van der Waals surface area contributed by atoms with Crippen molar-refractivity contribution in [2.75, 3.05) is 30.4 Å². The predicted molar refractivity (Wildman–Crippen MR) is 160 cm³/mol. The van der Waals surface area contributed by atoms with Gasteiger partial charge >= 0.3 is 0 Å². The van der Waals surface area contributed by atoms with Crippen LogP contribution in [0.1, 0.15) is 43.0 Å². The lowest BCUT2D eigenvalue weighted by molar-refractivity contribution is -0.118. The molecule has 0 unspecified atom stereocenters. The number of aromatic nitrogens is 4. The van der Waals surface area contributed by atoms with E-state index in [1.807, 2.05) is 74.5 Å². The Hall–Kier alpha value is -4.36. The van der Waals surface area contributed by atoms with Gasteiger partial charge in [0.1, 0.15) is 23.2 Å². The van der Waals surface area contributed by atoms with Gasteiger partial charge in [-0.1, -0.05) is 37.3 Å². The summed E-state index contributed by atoms with van der Waals surface area (Å²) in [5.74, 6) is 3.06. The van der Waals surface area contributed by atoms with E-state index in [2.05, 4.69) is 26.5 Å². The van der Waals surface area contributed by atoms with Crippen LogP contribution in [-0.2, 0) is 16.6 Å². The second kappa shape index (κ2) is 12.4. The highest BCUT2D eigenvalue weighted by atomic mass is 32.2.